The summed E-state index contributed by atoms with van der Waals surface area (Å²) in [7, 11) is 0. The van der Waals surface area contributed by atoms with E-state index in [1.165, 1.54) is 19.1 Å². The summed E-state index contributed by atoms with van der Waals surface area (Å²) in [6, 6.07) is 0.0930. The topological polar surface area (TPSA) is 26.0 Å². The summed E-state index contributed by atoms with van der Waals surface area (Å²) >= 11 is 5.48. The monoisotopic (exact) mass is 241 g/mol. The van der Waals surface area contributed by atoms with Crippen LogP contribution < -0.4 is 5.73 Å². The second-order valence-corrected chi connectivity index (χ2v) is 3.52. The predicted molar refractivity (Wildman–Crippen MR) is 49.1 cm³/mol. The zero-order valence-electron chi connectivity index (χ0n) is 7.70. The van der Waals surface area contributed by atoms with Gasteiger partial charge in [0, 0.05) is 10.6 Å². The van der Waals surface area contributed by atoms with Crippen LogP contribution in [0.25, 0.3) is 0 Å². The molecular weight excluding hydrogens is 234 g/mol. The van der Waals surface area contributed by atoms with Crippen molar-refractivity contribution in [2.75, 3.05) is 0 Å². The standard InChI is InChI=1S/C9H8ClF4N/c1-4-2-3-5(10)6(7(4)11)8(15)9(12,13)14/h2-3,8H,15H2,1H3/t8-/m1/s1. The lowest BCUT2D eigenvalue weighted by Gasteiger charge is -2.18. The molecular formula is C9H8ClF4N. The van der Waals surface area contributed by atoms with Gasteiger partial charge in [0.05, 0.1) is 0 Å². The Morgan fingerprint density at radius 2 is 1.87 bits per heavy atom. The highest BCUT2D eigenvalue weighted by atomic mass is 35.5. The molecule has 0 fully saturated rings. The summed E-state index contributed by atoms with van der Waals surface area (Å²) in [4.78, 5) is 0. The molecule has 1 aromatic rings. The van der Waals surface area contributed by atoms with Crippen LogP contribution in [-0.4, -0.2) is 6.18 Å². The van der Waals surface area contributed by atoms with E-state index in [0.29, 0.717) is 0 Å². The molecule has 0 aliphatic rings. The molecule has 1 nitrogen and oxygen atoms in total. The molecule has 0 heterocycles. The maximum atomic E-state index is 13.4. The van der Waals surface area contributed by atoms with Crippen LogP contribution in [-0.2, 0) is 0 Å². The molecule has 1 rings (SSSR count). The largest absolute Gasteiger partial charge is 0.407 e. The number of halogens is 5. The molecule has 0 radical (unpaired) electrons. The SMILES string of the molecule is Cc1ccc(Cl)c([C@@H](N)C(F)(F)F)c1F. The molecule has 0 bridgehead atoms. The second kappa shape index (κ2) is 3.98. The molecule has 2 N–H and O–H groups in total. The van der Waals surface area contributed by atoms with Crippen molar-refractivity contribution in [2.24, 2.45) is 5.73 Å². The lowest BCUT2D eigenvalue weighted by Crippen LogP contribution is -2.29. The van der Waals surface area contributed by atoms with Crippen molar-refractivity contribution in [1.82, 2.24) is 0 Å². The number of hydrogen-bond acceptors (Lipinski definition) is 1. The van der Waals surface area contributed by atoms with E-state index in [9.17, 15) is 17.6 Å². The first-order chi connectivity index (χ1) is 6.75. The molecule has 0 aromatic heterocycles. The van der Waals surface area contributed by atoms with Gasteiger partial charge in [-0.3, -0.25) is 0 Å². The second-order valence-electron chi connectivity index (χ2n) is 3.11. The maximum Gasteiger partial charge on any atom is 0.407 e. The fourth-order valence-corrected chi connectivity index (χ4v) is 1.39. The van der Waals surface area contributed by atoms with Crippen molar-refractivity contribution in [3.05, 3.63) is 34.1 Å². The average molecular weight is 242 g/mol. The Morgan fingerprint density at radius 3 is 2.33 bits per heavy atom. The van der Waals surface area contributed by atoms with Crippen LogP contribution in [0.5, 0.6) is 0 Å². The summed E-state index contributed by atoms with van der Waals surface area (Å²) in [5.41, 5.74) is 4.27. The first kappa shape index (κ1) is 12.3. The third-order valence-electron chi connectivity index (χ3n) is 1.98. The van der Waals surface area contributed by atoms with Crippen LogP contribution in [0, 0.1) is 12.7 Å². The Kier molecular flexibility index (Phi) is 3.25. The number of rotatable bonds is 1. The van der Waals surface area contributed by atoms with E-state index in [4.69, 9.17) is 17.3 Å². The number of benzene rings is 1. The van der Waals surface area contributed by atoms with E-state index in [1.54, 1.807) is 0 Å². The number of nitrogens with two attached hydrogens (primary N) is 1. The van der Waals surface area contributed by atoms with Gasteiger partial charge >= 0.3 is 6.18 Å². The highest BCUT2D eigenvalue weighted by Gasteiger charge is 2.40. The molecule has 0 amide bonds. The normalized spacial score (nSPS) is 14.1. The molecule has 1 aromatic carbocycles. The van der Waals surface area contributed by atoms with Crippen molar-refractivity contribution in [2.45, 2.75) is 19.1 Å². The van der Waals surface area contributed by atoms with Crippen molar-refractivity contribution >= 4 is 11.6 Å². The number of alkyl halides is 3. The molecule has 6 heteroatoms. The van der Waals surface area contributed by atoms with Gasteiger partial charge in [-0.05, 0) is 18.6 Å². The Bertz CT molecular complexity index is 375. The van der Waals surface area contributed by atoms with E-state index in [0.717, 1.165) is 0 Å². The van der Waals surface area contributed by atoms with Crippen molar-refractivity contribution in [1.29, 1.82) is 0 Å². The Hall–Kier alpha value is -0.810. The van der Waals surface area contributed by atoms with Gasteiger partial charge in [-0.15, -0.1) is 0 Å². The fraction of sp³-hybridized carbons (Fsp3) is 0.333. The van der Waals surface area contributed by atoms with E-state index in [-0.39, 0.29) is 10.6 Å². The molecule has 0 aliphatic carbocycles. The van der Waals surface area contributed by atoms with Crippen LogP contribution in [0.2, 0.25) is 5.02 Å². The van der Waals surface area contributed by atoms with Gasteiger partial charge in [0.15, 0.2) is 0 Å². The minimum atomic E-state index is -4.71. The summed E-state index contributed by atoms with van der Waals surface area (Å²) in [6.45, 7) is 1.35. The molecule has 0 spiro atoms. The summed E-state index contributed by atoms with van der Waals surface area (Å²) in [5.74, 6) is -1.01. The molecule has 15 heavy (non-hydrogen) atoms. The van der Waals surface area contributed by atoms with E-state index in [1.807, 2.05) is 0 Å². The lowest BCUT2D eigenvalue weighted by molar-refractivity contribution is -0.149. The fourth-order valence-electron chi connectivity index (χ4n) is 1.13. The van der Waals surface area contributed by atoms with Gasteiger partial charge in [-0.2, -0.15) is 13.2 Å². The van der Waals surface area contributed by atoms with E-state index >= 15 is 0 Å². The first-order valence-corrected chi connectivity index (χ1v) is 4.39. The molecule has 84 valence electrons. The van der Waals surface area contributed by atoms with Crippen LogP contribution in [0.1, 0.15) is 17.2 Å². The minimum absolute atomic E-state index is 0.0779. The van der Waals surface area contributed by atoms with E-state index in [2.05, 4.69) is 0 Å². The summed E-state index contributed by atoms with van der Waals surface area (Å²) < 4.78 is 50.2. The van der Waals surface area contributed by atoms with E-state index < -0.39 is 23.6 Å². The Labute approximate surface area is 88.8 Å². The van der Waals surface area contributed by atoms with Crippen LogP contribution >= 0.6 is 11.6 Å². The van der Waals surface area contributed by atoms with Crippen LogP contribution in [0.15, 0.2) is 12.1 Å². The maximum absolute atomic E-state index is 13.4. The van der Waals surface area contributed by atoms with Crippen LogP contribution in [0.3, 0.4) is 0 Å². The van der Waals surface area contributed by atoms with Gasteiger partial charge in [-0.25, -0.2) is 4.39 Å². The zero-order valence-corrected chi connectivity index (χ0v) is 8.46. The van der Waals surface area contributed by atoms with Crippen molar-refractivity contribution < 1.29 is 17.6 Å². The molecule has 0 saturated heterocycles. The van der Waals surface area contributed by atoms with Crippen molar-refractivity contribution in [3.8, 4) is 0 Å². The minimum Gasteiger partial charge on any atom is -0.316 e. The Morgan fingerprint density at radius 1 is 1.33 bits per heavy atom. The quantitative estimate of drug-likeness (QED) is 0.750. The predicted octanol–water partition coefficient (Wildman–Crippen LogP) is 3.35. The average Bonchev–Trinajstić information content (AvgIpc) is 2.10. The zero-order chi connectivity index (χ0) is 11.8. The molecule has 0 aliphatic heterocycles. The number of aryl methyl sites for hydroxylation is 1. The number of hydrogen-bond donors (Lipinski definition) is 1. The third-order valence-corrected chi connectivity index (χ3v) is 2.31. The van der Waals surface area contributed by atoms with Crippen LogP contribution in [0.4, 0.5) is 17.6 Å². The van der Waals surface area contributed by atoms with Gasteiger partial charge in [0.1, 0.15) is 11.9 Å². The third kappa shape index (κ3) is 2.41. The highest BCUT2D eigenvalue weighted by molar-refractivity contribution is 6.31. The van der Waals surface area contributed by atoms with Gasteiger partial charge < -0.3 is 5.73 Å². The Balaban J connectivity index is 3.31. The summed E-state index contributed by atoms with van der Waals surface area (Å²) in [6.07, 6.45) is -4.71. The molecule has 0 saturated carbocycles. The summed E-state index contributed by atoms with van der Waals surface area (Å²) in [5, 5.41) is -0.317. The van der Waals surface area contributed by atoms with Crippen molar-refractivity contribution in [3.63, 3.8) is 0 Å². The highest BCUT2D eigenvalue weighted by Crippen LogP contribution is 2.36. The van der Waals surface area contributed by atoms with Gasteiger partial charge in [-0.1, -0.05) is 17.7 Å². The van der Waals surface area contributed by atoms with Gasteiger partial charge in [0.25, 0.3) is 0 Å². The lowest BCUT2D eigenvalue weighted by atomic mass is 10.0. The van der Waals surface area contributed by atoms with Gasteiger partial charge in [0.2, 0.25) is 0 Å². The first-order valence-electron chi connectivity index (χ1n) is 4.02. The smallest absolute Gasteiger partial charge is 0.316 e. The molecule has 1 atom stereocenters. The molecule has 0 unspecified atom stereocenters.